The Balaban J connectivity index is 1.69. The Morgan fingerprint density at radius 1 is 1.00 bits per heavy atom. The van der Waals surface area contributed by atoms with Gasteiger partial charge in [-0.25, -0.2) is 19.3 Å². The van der Waals surface area contributed by atoms with E-state index in [9.17, 15) is 8.78 Å². The highest BCUT2D eigenvalue weighted by atomic mass is 19.1. The van der Waals surface area contributed by atoms with E-state index in [1.165, 1.54) is 18.3 Å². The summed E-state index contributed by atoms with van der Waals surface area (Å²) in [5, 5.41) is 6.27. The molecule has 0 amide bonds. The molecule has 3 aromatic rings. The number of halogens is 2. The molecule has 26 heavy (non-hydrogen) atoms. The summed E-state index contributed by atoms with van der Waals surface area (Å²) in [5.74, 6) is 0.244. The summed E-state index contributed by atoms with van der Waals surface area (Å²) in [5.41, 5.74) is 0.851. The first-order valence-corrected chi connectivity index (χ1v) is 8.04. The van der Waals surface area contributed by atoms with Crippen molar-refractivity contribution in [2.75, 3.05) is 23.8 Å². The topological polar surface area (TPSA) is 72.0 Å². The molecule has 1 aliphatic rings. The summed E-state index contributed by atoms with van der Waals surface area (Å²) in [6, 6.07) is 10.9. The fraction of sp³-hybridized carbons (Fsp3) is 0.167. The molecule has 0 atom stereocenters. The number of ether oxygens (including phenoxy) is 1. The van der Waals surface area contributed by atoms with Crippen molar-refractivity contribution in [3.63, 3.8) is 0 Å². The Morgan fingerprint density at radius 3 is 2.50 bits per heavy atom. The number of hydrogen-bond donors (Lipinski definition) is 2. The number of nitrogens with one attached hydrogen (secondary N) is 2. The smallest absolute Gasteiger partial charge is 0.212 e. The van der Waals surface area contributed by atoms with Crippen molar-refractivity contribution in [3.8, 4) is 11.4 Å². The molecule has 1 aromatic carbocycles. The second-order valence-electron chi connectivity index (χ2n) is 5.82. The second kappa shape index (κ2) is 7.01. The molecule has 4 rings (SSSR count). The quantitative estimate of drug-likeness (QED) is 0.684. The fourth-order valence-corrected chi connectivity index (χ4v) is 2.47. The molecule has 3 heterocycles. The third-order valence-electron chi connectivity index (χ3n) is 3.83. The summed E-state index contributed by atoms with van der Waals surface area (Å²) >= 11 is 0. The first-order valence-electron chi connectivity index (χ1n) is 8.04. The van der Waals surface area contributed by atoms with Crippen LogP contribution in [0.5, 0.6) is 0 Å². The highest BCUT2D eigenvalue weighted by Crippen LogP contribution is 2.25. The van der Waals surface area contributed by atoms with Crippen LogP contribution in [0.2, 0.25) is 0 Å². The van der Waals surface area contributed by atoms with Crippen molar-refractivity contribution < 1.29 is 13.5 Å². The van der Waals surface area contributed by atoms with Crippen molar-refractivity contribution in [3.05, 3.63) is 60.4 Å². The van der Waals surface area contributed by atoms with Crippen LogP contribution in [-0.2, 0) is 4.74 Å². The first-order chi connectivity index (χ1) is 12.7. The molecule has 0 radical (unpaired) electrons. The summed E-state index contributed by atoms with van der Waals surface area (Å²) in [6.45, 7) is 1.17. The third kappa shape index (κ3) is 3.60. The van der Waals surface area contributed by atoms with Crippen LogP contribution in [0.25, 0.3) is 11.4 Å². The summed E-state index contributed by atoms with van der Waals surface area (Å²) in [4.78, 5) is 12.4. The molecule has 8 heteroatoms. The zero-order chi connectivity index (χ0) is 17.9. The van der Waals surface area contributed by atoms with E-state index >= 15 is 0 Å². The van der Waals surface area contributed by atoms with E-state index in [1.54, 1.807) is 30.3 Å². The van der Waals surface area contributed by atoms with E-state index in [2.05, 4.69) is 25.6 Å². The highest BCUT2D eigenvalue weighted by Gasteiger charge is 2.19. The molecule has 1 saturated heterocycles. The summed E-state index contributed by atoms with van der Waals surface area (Å²) in [6.07, 6.45) is 1.35. The van der Waals surface area contributed by atoms with Crippen LogP contribution < -0.4 is 10.6 Å². The molecule has 1 aliphatic heterocycles. The van der Waals surface area contributed by atoms with Crippen molar-refractivity contribution in [1.82, 2.24) is 15.0 Å². The van der Waals surface area contributed by atoms with Gasteiger partial charge in [-0.15, -0.1) is 0 Å². The van der Waals surface area contributed by atoms with E-state index in [4.69, 9.17) is 4.74 Å². The predicted octanol–water partition coefficient (Wildman–Crippen LogP) is 3.37. The standard InChI is InChI=1S/C18H15F2N5O/c19-14-4-2-1-3-13(14)18-24-16(22-11-5-6-15(20)21-8-11)7-17(25-18)23-12-9-26-10-12/h1-8,12H,9-10H2,(H2,22,23,24,25). The Morgan fingerprint density at radius 2 is 1.81 bits per heavy atom. The average molecular weight is 355 g/mol. The molecule has 0 bridgehead atoms. The van der Waals surface area contributed by atoms with E-state index in [0.717, 1.165) is 0 Å². The maximum absolute atomic E-state index is 14.2. The van der Waals surface area contributed by atoms with Gasteiger partial charge in [0.25, 0.3) is 0 Å². The normalized spacial score (nSPS) is 13.9. The van der Waals surface area contributed by atoms with Crippen molar-refractivity contribution in [1.29, 1.82) is 0 Å². The Hall–Kier alpha value is -3.13. The SMILES string of the molecule is Fc1ccc(Nc2cc(NC3COC3)nc(-c3ccccc3F)n2)cn1. The monoisotopic (exact) mass is 355 g/mol. The minimum atomic E-state index is -0.572. The van der Waals surface area contributed by atoms with Crippen LogP contribution in [0.15, 0.2) is 48.7 Å². The van der Waals surface area contributed by atoms with Crippen LogP contribution in [0.1, 0.15) is 0 Å². The minimum Gasteiger partial charge on any atom is -0.377 e. The van der Waals surface area contributed by atoms with Gasteiger partial charge in [-0.1, -0.05) is 12.1 Å². The van der Waals surface area contributed by atoms with Crippen molar-refractivity contribution >= 4 is 17.3 Å². The third-order valence-corrected chi connectivity index (χ3v) is 3.83. The molecule has 0 spiro atoms. The lowest BCUT2D eigenvalue weighted by Crippen LogP contribution is -2.40. The Kier molecular flexibility index (Phi) is 4.40. The maximum Gasteiger partial charge on any atom is 0.212 e. The van der Waals surface area contributed by atoms with E-state index in [0.29, 0.717) is 36.1 Å². The lowest BCUT2D eigenvalue weighted by molar-refractivity contribution is 0.0209. The molecule has 2 N–H and O–H groups in total. The van der Waals surface area contributed by atoms with Gasteiger partial charge < -0.3 is 15.4 Å². The summed E-state index contributed by atoms with van der Waals surface area (Å²) < 4.78 is 32.3. The summed E-state index contributed by atoms with van der Waals surface area (Å²) in [7, 11) is 0. The van der Waals surface area contributed by atoms with Gasteiger partial charge in [-0.2, -0.15) is 4.39 Å². The fourth-order valence-electron chi connectivity index (χ4n) is 2.47. The van der Waals surface area contributed by atoms with Crippen LogP contribution >= 0.6 is 0 Å². The van der Waals surface area contributed by atoms with E-state index in [1.807, 2.05) is 0 Å². The number of hydrogen-bond acceptors (Lipinski definition) is 6. The minimum absolute atomic E-state index is 0.152. The van der Waals surface area contributed by atoms with Gasteiger partial charge in [0, 0.05) is 6.07 Å². The van der Waals surface area contributed by atoms with Crippen LogP contribution in [-0.4, -0.2) is 34.2 Å². The predicted molar refractivity (Wildman–Crippen MR) is 93.1 cm³/mol. The van der Waals surface area contributed by atoms with Gasteiger partial charge in [0.1, 0.15) is 17.5 Å². The molecular weight excluding hydrogens is 340 g/mol. The van der Waals surface area contributed by atoms with Crippen LogP contribution in [0.3, 0.4) is 0 Å². The number of anilines is 3. The number of pyridine rings is 1. The molecule has 0 saturated carbocycles. The van der Waals surface area contributed by atoms with Crippen LogP contribution in [0.4, 0.5) is 26.1 Å². The van der Waals surface area contributed by atoms with E-state index < -0.39 is 11.8 Å². The highest BCUT2D eigenvalue weighted by molar-refractivity contribution is 5.65. The second-order valence-corrected chi connectivity index (χ2v) is 5.82. The van der Waals surface area contributed by atoms with Crippen LogP contribution in [0, 0.1) is 11.8 Å². The van der Waals surface area contributed by atoms with Gasteiger partial charge in [0.05, 0.1) is 36.7 Å². The first kappa shape index (κ1) is 16.3. The number of aromatic nitrogens is 3. The molecule has 6 nitrogen and oxygen atoms in total. The number of nitrogens with zero attached hydrogens (tertiary/aromatic N) is 3. The van der Waals surface area contributed by atoms with Gasteiger partial charge in [-0.3, -0.25) is 0 Å². The molecule has 1 fully saturated rings. The molecule has 132 valence electrons. The Labute approximate surface area is 148 Å². The zero-order valence-electron chi connectivity index (χ0n) is 13.6. The molecule has 0 unspecified atom stereocenters. The van der Waals surface area contributed by atoms with Crippen molar-refractivity contribution in [2.24, 2.45) is 0 Å². The zero-order valence-corrected chi connectivity index (χ0v) is 13.6. The molecule has 2 aromatic heterocycles. The number of benzene rings is 1. The van der Waals surface area contributed by atoms with E-state index in [-0.39, 0.29) is 11.9 Å². The average Bonchev–Trinajstić information content (AvgIpc) is 2.60. The number of rotatable bonds is 5. The lowest BCUT2D eigenvalue weighted by atomic mass is 10.2. The van der Waals surface area contributed by atoms with Gasteiger partial charge in [0.2, 0.25) is 5.95 Å². The lowest BCUT2D eigenvalue weighted by Gasteiger charge is -2.27. The molecule has 0 aliphatic carbocycles. The van der Waals surface area contributed by atoms with Gasteiger partial charge in [0.15, 0.2) is 5.82 Å². The van der Waals surface area contributed by atoms with Crippen molar-refractivity contribution in [2.45, 2.75) is 6.04 Å². The maximum atomic E-state index is 14.2. The largest absolute Gasteiger partial charge is 0.377 e. The van der Waals surface area contributed by atoms with Gasteiger partial charge in [-0.05, 0) is 24.3 Å². The van der Waals surface area contributed by atoms with Gasteiger partial charge >= 0.3 is 0 Å². The molecular formula is C18H15F2N5O. The Bertz CT molecular complexity index is 916.